The quantitative estimate of drug-likeness (QED) is 0.850. The lowest BCUT2D eigenvalue weighted by Gasteiger charge is -2.33. The summed E-state index contributed by atoms with van der Waals surface area (Å²) in [5.41, 5.74) is 5.75. The molecule has 1 aromatic rings. The smallest absolute Gasteiger partial charge is 0.267 e. The summed E-state index contributed by atoms with van der Waals surface area (Å²) >= 11 is 0. The number of nitrogens with two attached hydrogens (primary N) is 1. The zero-order chi connectivity index (χ0) is 18.5. The number of likely N-dealkylation sites (tertiary alicyclic amines) is 1. The van der Waals surface area contributed by atoms with E-state index in [1.165, 1.54) is 18.7 Å². The molecule has 0 aromatic carbocycles. The van der Waals surface area contributed by atoms with E-state index >= 15 is 0 Å². The van der Waals surface area contributed by atoms with Crippen molar-refractivity contribution in [2.24, 2.45) is 11.7 Å². The third-order valence-corrected chi connectivity index (χ3v) is 5.37. The van der Waals surface area contributed by atoms with Crippen LogP contribution in [0.2, 0.25) is 0 Å². The maximum Gasteiger partial charge on any atom is 0.267 e. The van der Waals surface area contributed by atoms with Gasteiger partial charge in [-0.3, -0.25) is 19.4 Å². The number of hydrogen-bond acceptors (Lipinski definition) is 4. The number of aromatic nitrogens is 1. The van der Waals surface area contributed by atoms with E-state index in [0.29, 0.717) is 18.7 Å². The number of rotatable bonds is 4. The number of piperidine rings is 1. The second-order valence-corrected chi connectivity index (χ2v) is 7.21. The van der Waals surface area contributed by atoms with Crippen molar-refractivity contribution in [2.45, 2.75) is 51.0 Å². The summed E-state index contributed by atoms with van der Waals surface area (Å²) in [5, 5.41) is 3.17. The van der Waals surface area contributed by atoms with E-state index in [1.807, 2.05) is 0 Å². The largest absolute Gasteiger partial charge is 0.364 e. The molecule has 2 fully saturated rings. The summed E-state index contributed by atoms with van der Waals surface area (Å²) in [5.74, 6) is -0.372. The lowest BCUT2D eigenvalue weighted by Crippen LogP contribution is -2.48. The maximum atomic E-state index is 12.5. The molecular formula is C19H26N4O3. The van der Waals surface area contributed by atoms with Crippen LogP contribution in [0.15, 0.2) is 18.3 Å². The van der Waals surface area contributed by atoms with Gasteiger partial charge in [-0.1, -0.05) is 19.3 Å². The van der Waals surface area contributed by atoms with Crippen molar-refractivity contribution >= 4 is 17.7 Å². The van der Waals surface area contributed by atoms with Gasteiger partial charge in [-0.15, -0.1) is 0 Å². The van der Waals surface area contributed by atoms with Gasteiger partial charge in [0, 0.05) is 31.2 Å². The van der Waals surface area contributed by atoms with Crippen LogP contribution in [-0.2, 0) is 4.79 Å². The third kappa shape index (κ3) is 4.39. The van der Waals surface area contributed by atoms with Crippen LogP contribution < -0.4 is 11.1 Å². The lowest BCUT2D eigenvalue weighted by molar-refractivity contribution is -0.126. The number of amides is 3. The Morgan fingerprint density at radius 2 is 1.73 bits per heavy atom. The Morgan fingerprint density at radius 3 is 2.31 bits per heavy atom. The van der Waals surface area contributed by atoms with Crippen molar-refractivity contribution in [1.29, 1.82) is 0 Å². The molecule has 1 aromatic heterocycles. The number of primary amides is 1. The van der Waals surface area contributed by atoms with Crippen LogP contribution in [0.5, 0.6) is 0 Å². The molecular weight excluding hydrogens is 332 g/mol. The van der Waals surface area contributed by atoms with Gasteiger partial charge in [-0.2, -0.15) is 0 Å². The fraction of sp³-hybridized carbons (Fsp3) is 0.579. The maximum absolute atomic E-state index is 12.5. The number of carbonyl (C=O) groups is 3. The Balaban J connectivity index is 1.49. The predicted molar refractivity (Wildman–Crippen MR) is 96.4 cm³/mol. The second-order valence-electron chi connectivity index (χ2n) is 7.21. The Labute approximate surface area is 153 Å². The highest BCUT2D eigenvalue weighted by atomic mass is 16.2. The van der Waals surface area contributed by atoms with Gasteiger partial charge in [0.25, 0.3) is 11.8 Å². The summed E-state index contributed by atoms with van der Waals surface area (Å²) in [6.07, 6.45) is 8.43. The number of nitrogens with one attached hydrogen (secondary N) is 1. The van der Waals surface area contributed by atoms with Gasteiger partial charge in [0.15, 0.2) is 0 Å². The first kappa shape index (κ1) is 18.4. The van der Waals surface area contributed by atoms with Crippen LogP contribution in [-0.4, -0.2) is 46.7 Å². The van der Waals surface area contributed by atoms with Crippen LogP contribution in [0.4, 0.5) is 0 Å². The first-order chi connectivity index (χ1) is 12.5. The number of pyridine rings is 1. The van der Waals surface area contributed by atoms with E-state index < -0.39 is 5.91 Å². The molecule has 0 atom stereocenters. The van der Waals surface area contributed by atoms with Crippen LogP contribution in [0.1, 0.15) is 65.8 Å². The fourth-order valence-electron chi connectivity index (χ4n) is 3.76. The molecule has 7 heteroatoms. The van der Waals surface area contributed by atoms with Gasteiger partial charge in [-0.05, 0) is 37.8 Å². The van der Waals surface area contributed by atoms with E-state index in [0.717, 1.165) is 38.5 Å². The van der Waals surface area contributed by atoms with Gasteiger partial charge < -0.3 is 16.0 Å². The summed E-state index contributed by atoms with van der Waals surface area (Å²) in [4.78, 5) is 41.6. The van der Waals surface area contributed by atoms with E-state index in [2.05, 4.69) is 10.3 Å². The zero-order valence-corrected chi connectivity index (χ0v) is 14.9. The minimum Gasteiger partial charge on any atom is -0.364 e. The van der Waals surface area contributed by atoms with Gasteiger partial charge >= 0.3 is 0 Å². The summed E-state index contributed by atoms with van der Waals surface area (Å²) < 4.78 is 0. The Hall–Kier alpha value is -2.44. The molecule has 3 rings (SSSR count). The SMILES string of the molecule is NC(=O)c1ccc(C(=O)N2CCC(NC(=O)C3CCCCC3)CC2)cn1. The molecule has 3 amide bonds. The first-order valence-electron chi connectivity index (χ1n) is 9.40. The molecule has 3 N–H and O–H groups in total. The van der Waals surface area contributed by atoms with E-state index in [1.54, 1.807) is 11.0 Å². The molecule has 1 saturated heterocycles. The van der Waals surface area contributed by atoms with Gasteiger partial charge in [-0.25, -0.2) is 0 Å². The minimum atomic E-state index is -0.612. The fourth-order valence-corrected chi connectivity index (χ4v) is 3.76. The van der Waals surface area contributed by atoms with E-state index in [-0.39, 0.29) is 29.5 Å². The molecule has 140 valence electrons. The first-order valence-corrected chi connectivity index (χ1v) is 9.40. The highest BCUT2D eigenvalue weighted by molar-refractivity contribution is 5.95. The molecule has 1 aliphatic heterocycles. The zero-order valence-electron chi connectivity index (χ0n) is 14.9. The normalized spacial score (nSPS) is 19.2. The third-order valence-electron chi connectivity index (χ3n) is 5.37. The molecule has 7 nitrogen and oxygen atoms in total. The van der Waals surface area contributed by atoms with Crippen molar-refractivity contribution in [3.05, 3.63) is 29.6 Å². The molecule has 0 unspecified atom stereocenters. The summed E-state index contributed by atoms with van der Waals surface area (Å²) in [6.45, 7) is 1.21. The molecule has 0 radical (unpaired) electrons. The minimum absolute atomic E-state index is 0.106. The van der Waals surface area contributed by atoms with Crippen molar-refractivity contribution in [1.82, 2.24) is 15.2 Å². The highest BCUT2D eigenvalue weighted by Gasteiger charge is 2.27. The van der Waals surface area contributed by atoms with Crippen LogP contribution in [0.25, 0.3) is 0 Å². The molecule has 0 spiro atoms. The molecule has 1 saturated carbocycles. The Kier molecular flexibility index (Phi) is 5.85. The van der Waals surface area contributed by atoms with E-state index in [9.17, 15) is 14.4 Å². The number of nitrogens with zero attached hydrogens (tertiary/aromatic N) is 2. The van der Waals surface area contributed by atoms with Crippen LogP contribution in [0.3, 0.4) is 0 Å². The monoisotopic (exact) mass is 358 g/mol. The standard InChI is InChI=1S/C19H26N4O3/c20-17(24)16-7-6-14(12-21-16)19(26)23-10-8-15(9-11-23)22-18(25)13-4-2-1-3-5-13/h6-7,12-13,15H,1-5,8-11H2,(H2,20,24)(H,22,25). The van der Waals surface area contributed by atoms with Crippen molar-refractivity contribution < 1.29 is 14.4 Å². The van der Waals surface area contributed by atoms with E-state index in [4.69, 9.17) is 5.73 Å². The van der Waals surface area contributed by atoms with Crippen molar-refractivity contribution in [3.8, 4) is 0 Å². The highest BCUT2D eigenvalue weighted by Crippen LogP contribution is 2.24. The Bertz CT molecular complexity index is 660. The average Bonchev–Trinajstić information content (AvgIpc) is 2.69. The second kappa shape index (κ2) is 8.29. The van der Waals surface area contributed by atoms with Crippen molar-refractivity contribution in [2.75, 3.05) is 13.1 Å². The molecule has 1 aliphatic carbocycles. The van der Waals surface area contributed by atoms with Crippen molar-refractivity contribution in [3.63, 3.8) is 0 Å². The van der Waals surface area contributed by atoms with Crippen LogP contribution >= 0.6 is 0 Å². The predicted octanol–water partition coefficient (Wildman–Crippen LogP) is 1.48. The topological polar surface area (TPSA) is 105 Å². The number of carbonyl (C=O) groups excluding carboxylic acids is 3. The number of hydrogen-bond donors (Lipinski definition) is 2. The van der Waals surface area contributed by atoms with Gasteiger partial charge in [0.05, 0.1) is 5.56 Å². The molecule has 0 bridgehead atoms. The summed E-state index contributed by atoms with van der Waals surface area (Å²) in [7, 11) is 0. The van der Waals surface area contributed by atoms with Crippen LogP contribution in [0, 0.1) is 5.92 Å². The molecule has 2 aliphatic rings. The molecule has 26 heavy (non-hydrogen) atoms. The summed E-state index contributed by atoms with van der Waals surface area (Å²) in [6, 6.07) is 3.18. The average molecular weight is 358 g/mol. The van der Waals surface area contributed by atoms with Gasteiger partial charge in [0.2, 0.25) is 5.91 Å². The Morgan fingerprint density at radius 1 is 1.04 bits per heavy atom. The lowest BCUT2D eigenvalue weighted by atomic mass is 9.88. The molecule has 2 heterocycles. The van der Waals surface area contributed by atoms with Gasteiger partial charge in [0.1, 0.15) is 5.69 Å².